The van der Waals surface area contributed by atoms with E-state index < -0.39 is 6.10 Å². The van der Waals surface area contributed by atoms with Crippen molar-refractivity contribution in [1.82, 2.24) is 19.2 Å². The first kappa shape index (κ1) is 26.9. The van der Waals surface area contributed by atoms with Crippen molar-refractivity contribution in [3.63, 3.8) is 0 Å². The Morgan fingerprint density at radius 2 is 1.59 bits per heavy atom. The highest BCUT2D eigenvalue weighted by molar-refractivity contribution is 6.07. The van der Waals surface area contributed by atoms with E-state index in [2.05, 4.69) is 76.1 Å². The lowest BCUT2D eigenvalue weighted by Gasteiger charge is -2.26. The number of hydrogen-bond donors (Lipinski definition) is 2. The molecule has 5 rings (SSSR count). The first-order chi connectivity index (χ1) is 19.0. The van der Waals surface area contributed by atoms with Crippen molar-refractivity contribution in [2.75, 3.05) is 26.3 Å². The fourth-order valence-corrected chi connectivity index (χ4v) is 5.40. The summed E-state index contributed by atoms with van der Waals surface area (Å²) in [6.07, 6.45) is 0.107. The van der Waals surface area contributed by atoms with Crippen LogP contribution in [0, 0.1) is 13.8 Å². The number of para-hydroxylation sites is 2. The third kappa shape index (κ3) is 6.50. The van der Waals surface area contributed by atoms with E-state index in [9.17, 15) is 10.2 Å². The number of ether oxygens (including phenoxy) is 1. The summed E-state index contributed by atoms with van der Waals surface area (Å²) in [7, 11) is 0. The van der Waals surface area contributed by atoms with Crippen molar-refractivity contribution in [3.05, 3.63) is 95.8 Å². The summed E-state index contributed by atoms with van der Waals surface area (Å²) in [5, 5.41) is 27.5. The number of fused-ring (bicyclic) bond motifs is 3. The normalized spacial score (nSPS) is 12.5. The van der Waals surface area contributed by atoms with Crippen LogP contribution in [0.4, 0.5) is 0 Å². The zero-order valence-corrected chi connectivity index (χ0v) is 22.8. The Hall–Kier alpha value is -3.65. The maximum Gasteiger partial charge on any atom is 0.119 e. The molecule has 0 bridgehead atoms. The topological polar surface area (TPSA) is 75.7 Å². The van der Waals surface area contributed by atoms with Crippen molar-refractivity contribution in [3.8, 4) is 5.75 Å². The summed E-state index contributed by atoms with van der Waals surface area (Å²) in [6.45, 7) is 7.86. The van der Waals surface area contributed by atoms with Crippen molar-refractivity contribution in [2.45, 2.75) is 46.0 Å². The van der Waals surface area contributed by atoms with Gasteiger partial charge in [0.25, 0.3) is 0 Å². The number of benzene rings is 3. The molecule has 0 saturated heterocycles. The monoisotopic (exact) mass is 526 g/mol. The maximum atomic E-state index is 11.2. The second-order valence-corrected chi connectivity index (χ2v) is 10.3. The Labute approximate surface area is 229 Å². The molecule has 0 spiro atoms. The van der Waals surface area contributed by atoms with Crippen LogP contribution in [0.15, 0.2) is 78.9 Å². The number of aromatic nitrogens is 3. The molecule has 5 aromatic rings. The van der Waals surface area contributed by atoms with Crippen LogP contribution in [-0.4, -0.2) is 61.9 Å². The molecule has 0 radical (unpaired) electrons. The molecule has 3 aromatic carbocycles. The van der Waals surface area contributed by atoms with Gasteiger partial charge in [0, 0.05) is 53.7 Å². The highest BCUT2D eigenvalue weighted by atomic mass is 16.5. The van der Waals surface area contributed by atoms with Gasteiger partial charge in [-0.3, -0.25) is 9.58 Å². The Balaban J connectivity index is 1.21. The maximum absolute atomic E-state index is 11.2. The number of nitrogens with zero attached hydrogens (tertiary/aromatic N) is 4. The first-order valence-electron chi connectivity index (χ1n) is 13.7. The molecule has 204 valence electrons. The molecule has 0 amide bonds. The van der Waals surface area contributed by atoms with E-state index in [1.165, 1.54) is 10.8 Å². The summed E-state index contributed by atoms with van der Waals surface area (Å²) < 4.78 is 10.1. The molecule has 0 aliphatic heterocycles. The molecule has 2 heterocycles. The minimum atomic E-state index is -0.556. The van der Waals surface area contributed by atoms with Gasteiger partial charge in [0.2, 0.25) is 0 Å². The van der Waals surface area contributed by atoms with Crippen molar-refractivity contribution < 1.29 is 14.9 Å². The summed E-state index contributed by atoms with van der Waals surface area (Å²) in [5.41, 5.74) is 5.56. The predicted octanol–water partition coefficient (Wildman–Crippen LogP) is 4.93. The van der Waals surface area contributed by atoms with Crippen LogP contribution < -0.4 is 4.74 Å². The van der Waals surface area contributed by atoms with Gasteiger partial charge < -0.3 is 19.5 Å². The Bertz CT molecular complexity index is 1450. The van der Waals surface area contributed by atoms with Gasteiger partial charge in [0.15, 0.2) is 0 Å². The Morgan fingerprint density at radius 1 is 0.923 bits per heavy atom. The fourth-order valence-electron chi connectivity index (χ4n) is 5.40. The fraction of sp³-hybridized carbons (Fsp3) is 0.344. The van der Waals surface area contributed by atoms with Crippen molar-refractivity contribution in [2.24, 2.45) is 0 Å². The van der Waals surface area contributed by atoms with E-state index in [1.807, 2.05) is 35.9 Å². The van der Waals surface area contributed by atoms with Crippen LogP contribution in [0.2, 0.25) is 0 Å². The van der Waals surface area contributed by atoms with Crippen LogP contribution in [-0.2, 0) is 19.6 Å². The van der Waals surface area contributed by atoms with Crippen LogP contribution in [0.3, 0.4) is 0 Å². The first-order valence-corrected chi connectivity index (χ1v) is 13.7. The number of hydrogen-bond acceptors (Lipinski definition) is 5. The molecule has 2 N–H and O–H groups in total. The lowest BCUT2D eigenvalue weighted by atomic mass is 10.2. The van der Waals surface area contributed by atoms with Crippen molar-refractivity contribution in [1.29, 1.82) is 0 Å². The Morgan fingerprint density at radius 3 is 2.21 bits per heavy atom. The lowest BCUT2D eigenvalue weighted by molar-refractivity contribution is 0.0921. The molecule has 7 nitrogen and oxygen atoms in total. The average molecular weight is 527 g/mol. The minimum Gasteiger partial charge on any atom is -0.492 e. The van der Waals surface area contributed by atoms with E-state index in [-0.39, 0.29) is 6.61 Å². The third-order valence-corrected chi connectivity index (χ3v) is 7.18. The molecular formula is C32H38N4O3. The Kier molecular flexibility index (Phi) is 8.61. The van der Waals surface area contributed by atoms with E-state index in [4.69, 9.17) is 4.74 Å². The van der Waals surface area contributed by atoms with E-state index >= 15 is 0 Å². The van der Waals surface area contributed by atoms with Gasteiger partial charge in [-0.05, 0) is 56.2 Å². The van der Waals surface area contributed by atoms with E-state index in [0.29, 0.717) is 45.8 Å². The third-order valence-electron chi connectivity index (χ3n) is 7.18. The smallest absolute Gasteiger partial charge is 0.119 e. The van der Waals surface area contributed by atoms with Crippen LogP contribution in [0.5, 0.6) is 5.75 Å². The highest BCUT2D eigenvalue weighted by Crippen LogP contribution is 2.29. The summed E-state index contributed by atoms with van der Waals surface area (Å²) in [6, 6.07) is 26.9. The number of rotatable bonds is 13. The summed E-state index contributed by atoms with van der Waals surface area (Å²) in [5.74, 6) is 0.827. The number of aryl methyl sites for hydroxylation is 2. The second kappa shape index (κ2) is 12.5. The molecule has 0 fully saturated rings. The molecule has 2 aromatic heterocycles. The average Bonchev–Trinajstić information content (AvgIpc) is 3.43. The van der Waals surface area contributed by atoms with Crippen molar-refractivity contribution >= 4 is 21.8 Å². The SMILES string of the molecule is Cc1cc(C)n(CCOc2ccc(CN(CCCO)C[C@@H](O)Cn3c4ccccc4c4ccccc43)cc2)n1. The predicted molar refractivity (Wildman–Crippen MR) is 156 cm³/mol. The zero-order chi connectivity index (χ0) is 27.2. The molecule has 0 aliphatic rings. The van der Waals surface area contributed by atoms with Gasteiger partial charge in [0.05, 0.1) is 24.9 Å². The number of aliphatic hydroxyl groups excluding tert-OH is 2. The van der Waals surface area contributed by atoms with Gasteiger partial charge in [-0.15, -0.1) is 0 Å². The summed E-state index contributed by atoms with van der Waals surface area (Å²) in [4.78, 5) is 2.22. The minimum absolute atomic E-state index is 0.126. The van der Waals surface area contributed by atoms with Gasteiger partial charge in [-0.1, -0.05) is 48.5 Å². The standard InChI is InChI=1S/C32H38N4O3/c1-24-20-25(2)36(33-24)17-19-39-28-14-12-26(13-15-28)21-34(16-7-18-37)22-27(38)23-35-31-10-5-3-8-29(31)30-9-4-6-11-32(30)35/h3-6,8-15,20,27,37-38H,7,16-19,21-23H2,1-2H3/t27-/m1/s1. The highest BCUT2D eigenvalue weighted by Gasteiger charge is 2.17. The molecule has 7 heteroatoms. The second-order valence-electron chi connectivity index (χ2n) is 10.3. The van der Waals surface area contributed by atoms with Gasteiger partial charge >= 0.3 is 0 Å². The van der Waals surface area contributed by atoms with E-state index in [1.54, 1.807) is 0 Å². The van der Waals surface area contributed by atoms with Gasteiger partial charge in [-0.2, -0.15) is 5.10 Å². The van der Waals surface area contributed by atoms with Crippen LogP contribution in [0.1, 0.15) is 23.4 Å². The molecule has 39 heavy (non-hydrogen) atoms. The van der Waals surface area contributed by atoms with Gasteiger partial charge in [0.1, 0.15) is 12.4 Å². The molecular weight excluding hydrogens is 488 g/mol. The molecule has 0 saturated carbocycles. The van der Waals surface area contributed by atoms with Crippen LogP contribution in [0.25, 0.3) is 21.8 Å². The van der Waals surface area contributed by atoms with E-state index in [0.717, 1.165) is 33.7 Å². The zero-order valence-electron chi connectivity index (χ0n) is 22.8. The molecule has 1 atom stereocenters. The lowest BCUT2D eigenvalue weighted by Crippen LogP contribution is -2.35. The molecule has 0 aliphatic carbocycles. The number of aliphatic hydroxyl groups is 2. The van der Waals surface area contributed by atoms with Gasteiger partial charge in [-0.25, -0.2) is 0 Å². The van der Waals surface area contributed by atoms with Crippen LogP contribution >= 0.6 is 0 Å². The quantitative estimate of drug-likeness (QED) is 0.228. The largest absolute Gasteiger partial charge is 0.492 e. The summed E-state index contributed by atoms with van der Waals surface area (Å²) >= 11 is 0. The molecule has 0 unspecified atom stereocenters.